The first kappa shape index (κ1) is 26.2. The van der Waals surface area contributed by atoms with Gasteiger partial charge in [0.15, 0.2) is 0 Å². The van der Waals surface area contributed by atoms with Crippen molar-refractivity contribution in [3.8, 4) is 0 Å². The van der Waals surface area contributed by atoms with Gasteiger partial charge < -0.3 is 31.4 Å². The highest BCUT2D eigenvalue weighted by Crippen LogP contribution is 2.22. The van der Waals surface area contributed by atoms with Crippen molar-refractivity contribution in [3.05, 3.63) is 36.0 Å². The second-order valence-electron chi connectivity index (χ2n) is 9.62. The zero-order valence-electron chi connectivity index (χ0n) is 20.4. The summed E-state index contributed by atoms with van der Waals surface area (Å²) >= 11 is 0. The van der Waals surface area contributed by atoms with Gasteiger partial charge in [-0.05, 0) is 50.2 Å². The Morgan fingerprint density at radius 1 is 1.17 bits per heavy atom. The number of H-pyrrole nitrogens is 1. The van der Waals surface area contributed by atoms with E-state index in [-0.39, 0.29) is 18.2 Å². The standard InChI is InChI=1S/C25H35N5O5/c1-14(2)11-20(25(34)35)29-22(31)15(3)28-23(32)21-9-6-10-30(21)24(33)18(26)12-16-13-27-19-8-5-4-7-17(16)19/h4-5,7-8,13-15,18,20-21,27H,6,9-12,26H2,1-3H3,(H,28,32)(H,29,31)(H,34,35). The summed E-state index contributed by atoms with van der Waals surface area (Å²) in [6, 6.07) is 4.25. The fourth-order valence-electron chi connectivity index (χ4n) is 4.51. The van der Waals surface area contributed by atoms with E-state index in [9.17, 15) is 24.3 Å². The molecule has 3 rings (SSSR count). The normalized spacial score (nSPS) is 18.3. The average molecular weight is 486 g/mol. The average Bonchev–Trinajstić information content (AvgIpc) is 3.45. The number of aromatic nitrogens is 1. The summed E-state index contributed by atoms with van der Waals surface area (Å²) in [5, 5.41) is 15.5. The first-order valence-electron chi connectivity index (χ1n) is 12.0. The van der Waals surface area contributed by atoms with Crippen molar-refractivity contribution in [2.75, 3.05) is 6.54 Å². The number of fused-ring (bicyclic) bond motifs is 1. The zero-order chi connectivity index (χ0) is 25.7. The SMILES string of the molecule is CC(C)CC(NC(=O)C(C)NC(=O)C1CCCN1C(=O)C(N)Cc1c[nH]c2ccccc12)C(=O)O. The maximum absolute atomic E-state index is 13.1. The highest BCUT2D eigenvalue weighted by atomic mass is 16.4. The van der Waals surface area contributed by atoms with Gasteiger partial charge in [-0.25, -0.2) is 4.79 Å². The number of aliphatic carboxylic acids is 1. The largest absolute Gasteiger partial charge is 0.480 e. The molecule has 1 aromatic heterocycles. The van der Waals surface area contributed by atoms with Gasteiger partial charge in [-0.3, -0.25) is 14.4 Å². The second-order valence-corrected chi connectivity index (χ2v) is 9.62. The molecular formula is C25H35N5O5. The molecule has 10 nitrogen and oxygen atoms in total. The smallest absolute Gasteiger partial charge is 0.326 e. The predicted octanol–water partition coefficient (Wildman–Crippen LogP) is 1.15. The lowest BCUT2D eigenvalue weighted by molar-refractivity contribution is -0.143. The Balaban J connectivity index is 1.59. The highest BCUT2D eigenvalue weighted by molar-refractivity contribution is 5.94. The summed E-state index contributed by atoms with van der Waals surface area (Å²) in [5.74, 6) is -2.39. The van der Waals surface area contributed by atoms with Gasteiger partial charge in [-0.1, -0.05) is 32.0 Å². The molecule has 1 aliphatic rings. The first-order chi connectivity index (χ1) is 16.6. The van der Waals surface area contributed by atoms with Crippen LogP contribution in [0.4, 0.5) is 0 Å². The number of para-hydroxylation sites is 1. The minimum atomic E-state index is -1.12. The van der Waals surface area contributed by atoms with E-state index in [0.717, 1.165) is 16.5 Å². The number of carboxylic acid groups (broad SMARTS) is 1. The molecule has 0 saturated carbocycles. The fourth-order valence-corrected chi connectivity index (χ4v) is 4.51. The van der Waals surface area contributed by atoms with Gasteiger partial charge in [0.2, 0.25) is 17.7 Å². The van der Waals surface area contributed by atoms with Crippen molar-refractivity contribution in [2.24, 2.45) is 11.7 Å². The number of nitrogens with two attached hydrogens (primary N) is 1. The number of rotatable bonds is 10. The summed E-state index contributed by atoms with van der Waals surface area (Å²) in [6.45, 7) is 5.63. The number of nitrogens with zero attached hydrogens (tertiary/aromatic N) is 1. The summed E-state index contributed by atoms with van der Waals surface area (Å²) in [7, 11) is 0. The van der Waals surface area contributed by atoms with Gasteiger partial charge in [-0.15, -0.1) is 0 Å². The number of hydrogen-bond acceptors (Lipinski definition) is 5. The molecule has 2 heterocycles. The van der Waals surface area contributed by atoms with Gasteiger partial charge >= 0.3 is 5.97 Å². The van der Waals surface area contributed by atoms with Crippen molar-refractivity contribution < 1.29 is 24.3 Å². The Kier molecular flexibility index (Phi) is 8.50. The Bertz CT molecular complexity index is 1080. The zero-order valence-corrected chi connectivity index (χ0v) is 20.4. The number of carbonyl (C=O) groups is 4. The number of hydrogen-bond donors (Lipinski definition) is 5. The molecular weight excluding hydrogens is 450 g/mol. The monoisotopic (exact) mass is 485 g/mol. The Morgan fingerprint density at radius 2 is 1.89 bits per heavy atom. The van der Waals surface area contributed by atoms with Gasteiger partial charge in [-0.2, -0.15) is 0 Å². The van der Waals surface area contributed by atoms with Gasteiger partial charge in [0, 0.05) is 23.6 Å². The number of aromatic amines is 1. The third-order valence-electron chi connectivity index (χ3n) is 6.34. The van der Waals surface area contributed by atoms with Crippen LogP contribution in [0.25, 0.3) is 10.9 Å². The molecule has 0 aliphatic carbocycles. The van der Waals surface area contributed by atoms with Crippen LogP contribution < -0.4 is 16.4 Å². The molecule has 1 saturated heterocycles. The molecule has 190 valence electrons. The van der Waals surface area contributed by atoms with E-state index in [4.69, 9.17) is 5.73 Å². The molecule has 10 heteroatoms. The van der Waals surface area contributed by atoms with E-state index in [0.29, 0.717) is 25.8 Å². The number of likely N-dealkylation sites (tertiary alicyclic amines) is 1. The Labute approximate surface area is 204 Å². The number of benzene rings is 1. The van der Waals surface area contributed by atoms with Gasteiger partial charge in [0.1, 0.15) is 18.1 Å². The van der Waals surface area contributed by atoms with E-state index in [2.05, 4.69) is 15.6 Å². The van der Waals surface area contributed by atoms with Crippen LogP contribution in [0.1, 0.15) is 45.6 Å². The van der Waals surface area contributed by atoms with E-state index < -0.39 is 42.0 Å². The minimum Gasteiger partial charge on any atom is -0.480 e. The molecule has 35 heavy (non-hydrogen) atoms. The molecule has 0 radical (unpaired) electrons. The van der Waals surface area contributed by atoms with E-state index in [1.165, 1.54) is 11.8 Å². The van der Waals surface area contributed by atoms with Crippen molar-refractivity contribution in [3.63, 3.8) is 0 Å². The van der Waals surface area contributed by atoms with Crippen LogP contribution in [0.2, 0.25) is 0 Å². The van der Waals surface area contributed by atoms with Gasteiger partial charge in [0.05, 0.1) is 6.04 Å². The van der Waals surface area contributed by atoms with Crippen LogP contribution >= 0.6 is 0 Å². The number of carbonyl (C=O) groups excluding carboxylic acids is 3. The quantitative estimate of drug-likeness (QED) is 0.340. The lowest BCUT2D eigenvalue weighted by Gasteiger charge is -2.28. The molecule has 0 bridgehead atoms. The molecule has 0 spiro atoms. The Hall–Kier alpha value is -3.40. The molecule has 3 amide bonds. The van der Waals surface area contributed by atoms with E-state index in [1.54, 1.807) is 0 Å². The lowest BCUT2D eigenvalue weighted by Crippen LogP contribution is -2.56. The van der Waals surface area contributed by atoms with E-state index >= 15 is 0 Å². The third kappa shape index (κ3) is 6.39. The number of amides is 3. The van der Waals surface area contributed by atoms with Crippen molar-refractivity contribution in [1.82, 2.24) is 20.5 Å². The van der Waals surface area contributed by atoms with Crippen LogP contribution in [0, 0.1) is 5.92 Å². The van der Waals surface area contributed by atoms with Crippen LogP contribution in [-0.4, -0.2) is 69.4 Å². The maximum Gasteiger partial charge on any atom is 0.326 e. The Morgan fingerprint density at radius 3 is 2.57 bits per heavy atom. The highest BCUT2D eigenvalue weighted by Gasteiger charge is 2.37. The molecule has 4 unspecified atom stereocenters. The topological polar surface area (TPSA) is 158 Å². The van der Waals surface area contributed by atoms with Crippen molar-refractivity contribution in [1.29, 1.82) is 0 Å². The number of nitrogens with one attached hydrogen (secondary N) is 3. The first-order valence-corrected chi connectivity index (χ1v) is 12.0. The molecule has 1 aromatic carbocycles. The summed E-state index contributed by atoms with van der Waals surface area (Å²) < 4.78 is 0. The van der Waals surface area contributed by atoms with E-state index in [1.807, 2.05) is 44.3 Å². The fraction of sp³-hybridized carbons (Fsp3) is 0.520. The van der Waals surface area contributed by atoms with Crippen LogP contribution in [0.15, 0.2) is 30.5 Å². The van der Waals surface area contributed by atoms with Crippen molar-refractivity contribution >= 4 is 34.6 Å². The lowest BCUT2D eigenvalue weighted by atomic mass is 10.0. The van der Waals surface area contributed by atoms with Crippen LogP contribution in [-0.2, 0) is 25.6 Å². The van der Waals surface area contributed by atoms with Gasteiger partial charge in [0.25, 0.3) is 0 Å². The minimum absolute atomic E-state index is 0.0767. The maximum atomic E-state index is 13.1. The molecule has 2 aromatic rings. The predicted molar refractivity (Wildman–Crippen MR) is 131 cm³/mol. The third-order valence-corrected chi connectivity index (χ3v) is 6.34. The van der Waals surface area contributed by atoms with Crippen molar-refractivity contribution in [2.45, 2.75) is 70.6 Å². The molecule has 1 aliphatic heterocycles. The second kappa shape index (κ2) is 11.4. The van der Waals surface area contributed by atoms with Crippen LogP contribution in [0.3, 0.4) is 0 Å². The molecule has 4 atom stereocenters. The number of carboxylic acids is 1. The summed E-state index contributed by atoms with van der Waals surface area (Å²) in [4.78, 5) is 54.7. The summed E-state index contributed by atoms with van der Waals surface area (Å²) in [5.41, 5.74) is 8.15. The molecule has 1 fully saturated rings. The summed E-state index contributed by atoms with van der Waals surface area (Å²) in [6.07, 6.45) is 3.58. The van der Waals surface area contributed by atoms with Crippen LogP contribution in [0.5, 0.6) is 0 Å². The molecule has 6 N–H and O–H groups in total.